The number of carbonyl (C=O) groups is 1. The standard InChI is InChI=1S/C26H29N3O2/c1-2-31-24-15-13-23(14-16-24)27-26(30)29-19-17-28(18-20-29)25(21-9-5-3-6-10-21)22-11-7-4-8-12-22/h3-16,25H,2,17-20H2,1H3,(H,27,30). The van der Waals surface area contributed by atoms with Crippen LogP contribution in [0.15, 0.2) is 84.9 Å². The summed E-state index contributed by atoms with van der Waals surface area (Å²) in [5, 5.41) is 3.00. The number of ether oxygens (including phenoxy) is 1. The molecule has 1 aliphatic rings. The van der Waals surface area contributed by atoms with Crippen LogP contribution in [0.25, 0.3) is 0 Å². The fourth-order valence-electron chi connectivity index (χ4n) is 4.07. The van der Waals surface area contributed by atoms with E-state index in [0.717, 1.165) is 24.5 Å². The minimum absolute atomic E-state index is 0.0558. The van der Waals surface area contributed by atoms with Crippen LogP contribution in [-0.4, -0.2) is 48.6 Å². The van der Waals surface area contributed by atoms with E-state index in [2.05, 4.69) is 70.9 Å². The monoisotopic (exact) mass is 415 g/mol. The molecule has 0 unspecified atom stereocenters. The highest BCUT2D eigenvalue weighted by atomic mass is 16.5. The summed E-state index contributed by atoms with van der Waals surface area (Å²) in [6, 6.07) is 28.8. The lowest BCUT2D eigenvalue weighted by Gasteiger charge is -2.39. The van der Waals surface area contributed by atoms with Crippen LogP contribution >= 0.6 is 0 Å². The van der Waals surface area contributed by atoms with E-state index in [1.165, 1.54) is 11.1 Å². The molecule has 0 atom stereocenters. The highest BCUT2D eigenvalue weighted by Gasteiger charge is 2.28. The van der Waals surface area contributed by atoms with Gasteiger partial charge in [0.25, 0.3) is 0 Å². The van der Waals surface area contributed by atoms with E-state index in [1.807, 2.05) is 36.1 Å². The zero-order valence-electron chi connectivity index (χ0n) is 17.9. The third kappa shape index (κ3) is 5.25. The van der Waals surface area contributed by atoms with Crippen molar-refractivity contribution < 1.29 is 9.53 Å². The van der Waals surface area contributed by atoms with Gasteiger partial charge in [-0.1, -0.05) is 60.7 Å². The largest absolute Gasteiger partial charge is 0.494 e. The van der Waals surface area contributed by atoms with Gasteiger partial charge in [-0.15, -0.1) is 0 Å². The Labute approximate surface area is 184 Å². The zero-order valence-corrected chi connectivity index (χ0v) is 17.9. The van der Waals surface area contributed by atoms with Gasteiger partial charge in [-0.2, -0.15) is 0 Å². The summed E-state index contributed by atoms with van der Waals surface area (Å²) in [4.78, 5) is 17.1. The molecule has 0 aromatic heterocycles. The lowest BCUT2D eigenvalue weighted by Crippen LogP contribution is -2.51. The average Bonchev–Trinajstić information content (AvgIpc) is 2.82. The van der Waals surface area contributed by atoms with Gasteiger partial charge in [-0.25, -0.2) is 4.79 Å². The van der Waals surface area contributed by atoms with Crippen LogP contribution in [0.2, 0.25) is 0 Å². The molecule has 31 heavy (non-hydrogen) atoms. The van der Waals surface area contributed by atoms with Gasteiger partial charge in [-0.3, -0.25) is 4.90 Å². The van der Waals surface area contributed by atoms with Crippen LogP contribution in [0.5, 0.6) is 5.75 Å². The molecule has 1 fully saturated rings. The molecule has 0 saturated carbocycles. The summed E-state index contributed by atoms with van der Waals surface area (Å²) < 4.78 is 5.46. The fourth-order valence-corrected chi connectivity index (χ4v) is 4.07. The molecule has 1 aliphatic heterocycles. The first-order valence-electron chi connectivity index (χ1n) is 10.9. The number of nitrogens with zero attached hydrogens (tertiary/aromatic N) is 2. The third-order valence-corrected chi connectivity index (χ3v) is 5.61. The SMILES string of the molecule is CCOc1ccc(NC(=O)N2CCN(C(c3ccccc3)c3ccccc3)CC2)cc1. The average molecular weight is 416 g/mol. The van der Waals surface area contributed by atoms with E-state index in [4.69, 9.17) is 4.74 Å². The Hall–Kier alpha value is -3.31. The lowest BCUT2D eigenvalue weighted by molar-refractivity contribution is 0.126. The first kappa shape index (κ1) is 20.9. The number of piperazine rings is 1. The van der Waals surface area contributed by atoms with Crippen molar-refractivity contribution in [2.24, 2.45) is 0 Å². The molecule has 5 nitrogen and oxygen atoms in total. The summed E-state index contributed by atoms with van der Waals surface area (Å²) in [6.07, 6.45) is 0. The predicted molar refractivity (Wildman–Crippen MR) is 125 cm³/mol. The third-order valence-electron chi connectivity index (χ3n) is 5.61. The molecule has 1 heterocycles. The quantitative estimate of drug-likeness (QED) is 0.615. The zero-order chi connectivity index (χ0) is 21.5. The Morgan fingerprint density at radius 2 is 1.39 bits per heavy atom. The van der Waals surface area contributed by atoms with Crippen molar-refractivity contribution in [2.45, 2.75) is 13.0 Å². The fraction of sp³-hybridized carbons (Fsp3) is 0.269. The molecule has 1 saturated heterocycles. The number of nitrogens with one attached hydrogen (secondary N) is 1. The Morgan fingerprint density at radius 3 is 1.90 bits per heavy atom. The van der Waals surface area contributed by atoms with Crippen molar-refractivity contribution >= 4 is 11.7 Å². The Kier molecular flexibility index (Phi) is 6.85. The van der Waals surface area contributed by atoms with Crippen molar-refractivity contribution in [3.8, 4) is 5.75 Å². The number of carbonyl (C=O) groups excluding carboxylic acids is 1. The van der Waals surface area contributed by atoms with Gasteiger partial charge in [0.1, 0.15) is 5.75 Å². The summed E-state index contributed by atoms with van der Waals surface area (Å²) in [5.41, 5.74) is 3.34. The predicted octanol–water partition coefficient (Wildman–Crippen LogP) is 5.02. The summed E-state index contributed by atoms with van der Waals surface area (Å²) in [6.45, 7) is 5.62. The molecule has 0 bridgehead atoms. The minimum atomic E-state index is -0.0558. The van der Waals surface area contributed by atoms with Crippen LogP contribution in [0, 0.1) is 0 Å². The molecule has 1 N–H and O–H groups in total. The van der Waals surface area contributed by atoms with E-state index < -0.39 is 0 Å². The number of amides is 2. The normalized spacial score (nSPS) is 14.5. The van der Waals surface area contributed by atoms with Crippen molar-refractivity contribution in [2.75, 3.05) is 38.1 Å². The second kappa shape index (κ2) is 10.1. The second-order valence-corrected chi connectivity index (χ2v) is 7.63. The van der Waals surface area contributed by atoms with Gasteiger partial charge >= 0.3 is 6.03 Å². The molecular formula is C26H29N3O2. The molecule has 3 aromatic carbocycles. The Bertz CT molecular complexity index is 913. The molecule has 0 spiro atoms. The topological polar surface area (TPSA) is 44.8 Å². The summed E-state index contributed by atoms with van der Waals surface area (Å²) >= 11 is 0. The van der Waals surface area contributed by atoms with Crippen molar-refractivity contribution in [3.05, 3.63) is 96.1 Å². The molecule has 0 aliphatic carbocycles. The Balaban J connectivity index is 1.40. The number of urea groups is 1. The van der Waals surface area contributed by atoms with Crippen molar-refractivity contribution in [1.82, 2.24) is 9.80 Å². The molecule has 5 heteroatoms. The smallest absolute Gasteiger partial charge is 0.321 e. The number of hydrogen-bond donors (Lipinski definition) is 1. The summed E-state index contributed by atoms with van der Waals surface area (Å²) in [5.74, 6) is 0.807. The van der Waals surface area contributed by atoms with Crippen LogP contribution in [-0.2, 0) is 0 Å². The molecule has 3 aromatic rings. The van der Waals surface area contributed by atoms with Crippen LogP contribution in [0.1, 0.15) is 24.1 Å². The number of rotatable bonds is 6. The highest BCUT2D eigenvalue weighted by molar-refractivity contribution is 5.89. The van der Waals surface area contributed by atoms with E-state index in [-0.39, 0.29) is 12.1 Å². The van der Waals surface area contributed by atoms with Gasteiger partial charge in [-0.05, 0) is 42.3 Å². The number of anilines is 1. The molecular weight excluding hydrogens is 386 g/mol. The first-order chi connectivity index (χ1) is 15.2. The first-order valence-corrected chi connectivity index (χ1v) is 10.9. The van der Waals surface area contributed by atoms with Crippen molar-refractivity contribution in [3.63, 3.8) is 0 Å². The summed E-state index contributed by atoms with van der Waals surface area (Å²) in [7, 11) is 0. The second-order valence-electron chi connectivity index (χ2n) is 7.63. The van der Waals surface area contributed by atoms with Gasteiger partial charge in [0, 0.05) is 31.9 Å². The van der Waals surface area contributed by atoms with Crippen LogP contribution in [0.4, 0.5) is 10.5 Å². The maximum Gasteiger partial charge on any atom is 0.321 e. The van der Waals surface area contributed by atoms with E-state index in [0.29, 0.717) is 19.7 Å². The minimum Gasteiger partial charge on any atom is -0.494 e. The van der Waals surface area contributed by atoms with Crippen LogP contribution < -0.4 is 10.1 Å². The van der Waals surface area contributed by atoms with Crippen molar-refractivity contribution in [1.29, 1.82) is 0 Å². The van der Waals surface area contributed by atoms with Gasteiger partial charge < -0.3 is 15.0 Å². The maximum atomic E-state index is 12.8. The van der Waals surface area contributed by atoms with E-state index in [1.54, 1.807) is 0 Å². The van der Waals surface area contributed by atoms with E-state index >= 15 is 0 Å². The van der Waals surface area contributed by atoms with Gasteiger partial charge in [0.05, 0.1) is 12.6 Å². The van der Waals surface area contributed by atoms with E-state index in [9.17, 15) is 4.79 Å². The number of benzene rings is 3. The van der Waals surface area contributed by atoms with Gasteiger partial charge in [0.15, 0.2) is 0 Å². The lowest BCUT2D eigenvalue weighted by atomic mass is 9.96. The Morgan fingerprint density at radius 1 is 0.839 bits per heavy atom. The molecule has 2 amide bonds. The van der Waals surface area contributed by atoms with Gasteiger partial charge in [0.2, 0.25) is 0 Å². The molecule has 0 radical (unpaired) electrons. The molecule has 4 rings (SSSR count). The number of hydrogen-bond acceptors (Lipinski definition) is 3. The van der Waals surface area contributed by atoms with Crippen LogP contribution in [0.3, 0.4) is 0 Å². The maximum absolute atomic E-state index is 12.8. The highest BCUT2D eigenvalue weighted by Crippen LogP contribution is 2.29. The molecule has 160 valence electrons.